The van der Waals surface area contributed by atoms with Gasteiger partial charge in [-0.25, -0.2) is 4.39 Å². The van der Waals surface area contributed by atoms with Gasteiger partial charge in [0.05, 0.1) is 4.92 Å². The number of hydrogen-bond donors (Lipinski definition) is 1. The average Bonchev–Trinajstić information content (AvgIpc) is 3.08. The van der Waals surface area contributed by atoms with Gasteiger partial charge < -0.3 is 4.74 Å². The summed E-state index contributed by atoms with van der Waals surface area (Å²) in [5.41, 5.74) is -0.0400. The second kappa shape index (κ2) is 7.66. The number of nitrogens with one attached hydrogen (secondary N) is 1. The summed E-state index contributed by atoms with van der Waals surface area (Å²) in [6.07, 6.45) is 0. The summed E-state index contributed by atoms with van der Waals surface area (Å²) in [7, 11) is 0. The van der Waals surface area contributed by atoms with Crippen LogP contribution in [0.4, 0.5) is 15.2 Å². The molecule has 0 aliphatic heterocycles. The molecule has 0 atom stereocenters. The van der Waals surface area contributed by atoms with Crippen LogP contribution in [0.2, 0.25) is 0 Å². The summed E-state index contributed by atoms with van der Waals surface area (Å²) in [4.78, 5) is 22.3. The zero-order chi connectivity index (χ0) is 18.5. The summed E-state index contributed by atoms with van der Waals surface area (Å²) in [6.45, 7) is 0.107. The molecule has 1 heterocycles. The van der Waals surface area contributed by atoms with Gasteiger partial charge >= 0.3 is 0 Å². The van der Waals surface area contributed by atoms with Gasteiger partial charge in [-0.2, -0.15) is 0 Å². The highest BCUT2D eigenvalue weighted by molar-refractivity contribution is 7.15. The van der Waals surface area contributed by atoms with E-state index in [0.717, 1.165) is 11.3 Å². The molecule has 0 unspecified atom stereocenters. The maximum absolute atomic E-state index is 12.8. The predicted octanol–water partition coefficient (Wildman–Crippen LogP) is 3.42. The molecule has 132 valence electrons. The highest BCUT2D eigenvalue weighted by Crippen LogP contribution is 2.20. The molecule has 0 aliphatic rings. The molecule has 8 nitrogen and oxygen atoms in total. The van der Waals surface area contributed by atoms with E-state index < -0.39 is 10.8 Å². The first-order valence-corrected chi connectivity index (χ1v) is 8.09. The fraction of sp³-hybridized carbons (Fsp3) is 0.0625. The lowest BCUT2D eigenvalue weighted by atomic mass is 10.2. The smallest absolute Gasteiger partial charge is 0.270 e. The topological polar surface area (TPSA) is 107 Å². The third kappa shape index (κ3) is 4.36. The first-order chi connectivity index (χ1) is 12.5. The fourth-order valence-corrected chi connectivity index (χ4v) is 2.62. The minimum atomic E-state index is -0.577. The lowest BCUT2D eigenvalue weighted by Gasteiger charge is -2.02. The Balaban J connectivity index is 1.61. The number of benzene rings is 2. The number of nitro groups is 1. The molecular weight excluding hydrogens is 363 g/mol. The van der Waals surface area contributed by atoms with Gasteiger partial charge in [-0.1, -0.05) is 17.4 Å². The van der Waals surface area contributed by atoms with Crippen LogP contribution in [-0.2, 0) is 6.61 Å². The summed E-state index contributed by atoms with van der Waals surface area (Å²) in [6, 6.07) is 10.9. The zero-order valence-electron chi connectivity index (χ0n) is 13.1. The van der Waals surface area contributed by atoms with E-state index in [1.807, 2.05) is 0 Å². The summed E-state index contributed by atoms with van der Waals surface area (Å²) < 4.78 is 18.3. The molecule has 10 heteroatoms. The van der Waals surface area contributed by atoms with Crippen LogP contribution in [0.1, 0.15) is 15.4 Å². The molecule has 2 aromatic carbocycles. The van der Waals surface area contributed by atoms with Crippen LogP contribution in [-0.4, -0.2) is 21.0 Å². The maximum atomic E-state index is 12.8. The van der Waals surface area contributed by atoms with Crippen molar-refractivity contribution in [3.05, 3.63) is 75.0 Å². The lowest BCUT2D eigenvalue weighted by Crippen LogP contribution is -2.11. The molecule has 0 saturated carbocycles. The molecule has 1 amide bonds. The average molecular weight is 374 g/mol. The lowest BCUT2D eigenvalue weighted by molar-refractivity contribution is -0.384. The molecule has 0 spiro atoms. The largest absolute Gasteiger partial charge is 0.486 e. The molecule has 0 bridgehead atoms. The van der Waals surface area contributed by atoms with Crippen molar-refractivity contribution in [1.29, 1.82) is 0 Å². The van der Waals surface area contributed by atoms with E-state index in [1.165, 1.54) is 48.5 Å². The number of carbonyl (C=O) groups excluding carboxylic acids is 1. The second-order valence-electron chi connectivity index (χ2n) is 5.01. The van der Waals surface area contributed by atoms with Gasteiger partial charge in [0, 0.05) is 17.7 Å². The van der Waals surface area contributed by atoms with Gasteiger partial charge in [0.25, 0.3) is 11.6 Å². The Kier molecular flexibility index (Phi) is 5.13. The van der Waals surface area contributed by atoms with Crippen molar-refractivity contribution in [3.63, 3.8) is 0 Å². The standard InChI is InChI=1S/C16H11FN4O4S/c17-11-4-6-13(7-5-11)25-9-14-19-20-16(26-14)18-15(22)10-2-1-3-12(8-10)21(23)24/h1-8H,9H2,(H,18,20,22). The summed E-state index contributed by atoms with van der Waals surface area (Å²) >= 11 is 1.10. The monoisotopic (exact) mass is 374 g/mol. The van der Waals surface area contributed by atoms with Gasteiger partial charge in [-0.3, -0.25) is 20.2 Å². The van der Waals surface area contributed by atoms with Gasteiger partial charge in [0.15, 0.2) is 5.01 Å². The number of carbonyl (C=O) groups is 1. The fourth-order valence-electron chi connectivity index (χ4n) is 1.97. The normalized spacial score (nSPS) is 10.3. The number of aromatic nitrogens is 2. The Bertz CT molecular complexity index is 945. The van der Waals surface area contributed by atoms with Crippen LogP contribution in [0.15, 0.2) is 48.5 Å². The first-order valence-electron chi connectivity index (χ1n) is 7.28. The van der Waals surface area contributed by atoms with Gasteiger partial charge in [0.1, 0.15) is 18.2 Å². The van der Waals surface area contributed by atoms with E-state index in [1.54, 1.807) is 0 Å². The highest BCUT2D eigenvalue weighted by atomic mass is 32.1. The minimum Gasteiger partial charge on any atom is -0.486 e. The Labute approximate surface area is 150 Å². The van der Waals surface area contributed by atoms with Crippen LogP contribution < -0.4 is 10.1 Å². The molecule has 0 saturated heterocycles. The van der Waals surface area contributed by atoms with E-state index in [-0.39, 0.29) is 28.8 Å². The van der Waals surface area contributed by atoms with Crippen molar-refractivity contribution in [3.8, 4) is 5.75 Å². The number of amides is 1. The Morgan fingerprint density at radius 2 is 2.00 bits per heavy atom. The molecule has 0 radical (unpaired) electrons. The molecule has 3 aromatic rings. The van der Waals surface area contributed by atoms with Crippen molar-refractivity contribution in [2.75, 3.05) is 5.32 Å². The van der Waals surface area contributed by atoms with Gasteiger partial charge in [0.2, 0.25) is 5.13 Å². The first kappa shape index (κ1) is 17.4. The number of halogens is 1. The van der Waals surface area contributed by atoms with Crippen molar-refractivity contribution in [2.24, 2.45) is 0 Å². The van der Waals surface area contributed by atoms with Gasteiger partial charge in [-0.15, -0.1) is 10.2 Å². The predicted molar refractivity (Wildman–Crippen MR) is 91.7 cm³/mol. The Morgan fingerprint density at radius 3 is 2.73 bits per heavy atom. The van der Waals surface area contributed by atoms with E-state index in [0.29, 0.717) is 10.8 Å². The third-order valence-corrected chi connectivity index (χ3v) is 3.99. The van der Waals surface area contributed by atoms with Crippen LogP contribution in [0.5, 0.6) is 5.75 Å². The number of hydrogen-bond acceptors (Lipinski definition) is 7. The van der Waals surface area contributed by atoms with Crippen LogP contribution >= 0.6 is 11.3 Å². The van der Waals surface area contributed by atoms with Crippen molar-refractivity contribution < 1.29 is 18.8 Å². The zero-order valence-corrected chi connectivity index (χ0v) is 13.9. The van der Waals surface area contributed by atoms with E-state index in [2.05, 4.69) is 15.5 Å². The molecular formula is C16H11FN4O4S. The molecule has 1 aromatic heterocycles. The maximum Gasteiger partial charge on any atom is 0.270 e. The number of rotatable bonds is 6. The summed E-state index contributed by atoms with van der Waals surface area (Å²) in [5.74, 6) is -0.418. The minimum absolute atomic E-state index is 0.107. The Hall–Kier alpha value is -3.40. The van der Waals surface area contributed by atoms with Crippen LogP contribution in [0, 0.1) is 15.9 Å². The Morgan fingerprint density at radius 1 is 1.23 bits per heavy atom. The molecule has 1 N–H and O–H groups in total. The van der Waals surface area contributed by atoms with E-state index >= 15 is 0 Å². The summed E-state index contributed by atoms with van der Waals surface area (Å²) in [5, 5.41) is 21.7. The van der Waals surface area contributed by atoms with E-state index in [9.17, 15) is 19.3 Å². The van der Waals surface area contributed by atoms with Crippen molar-refractivity contribution in [1.82, 2.24) is 10.2 Å². The van der Waals surface area contributed by atoms with Crippen LogP contribution in [0.25, 0.3) is 0 Å². The quantitative estimate of drug-likeness (QED) is 0.523. The number of ether oxygens (including phenoxy) is 1. The molecule has 3 rings (SSSR count). The molecule has 0 fully saturated rings. The number of anilines is 1. The highest BCUT2D eigenvalue weighted by Gasteiger charge is 2.14. The van der Waals surface area contributed by atoms with Crippen molar-refractivity contribution in [2.45, 2.75) is 6.61 Å². The van der Waals surface area contributed by atoms with Crippen molar-refractivity contribution >= 4 is 28.1 Å². The molecule has 26 heavy (non-hydrogen) atoms. The second-order valence-corrected chi connectivity index (χ2v) is 6.07. The van der Waals surface area contributed by atoms with E-state index in [4.69, 9.17) is 4.74 Å². The third-order valence-electron chi connectivity index (χ3n) is 3.18. The van der Waals surface area contributed by atoms with Crippen LogP contribution in [0.3, 0.4) is 0 Å². The number of nitro benzene ring substituents is 1. The van der Waals surface area contributed by atoms with Gasteiger partial charge in [-0.05, 0) is 30.3 Å². The number of nitrogens with zero attached hydrogens (tertiary/aromatic N) is 3. The number of non-ortho nitro benzene ring substituents is 1. The SMILES string of the molecule is O=C(Nc1nnc(COc2ccc(F)cc2)s1)c1cccc([N+](=O)[O-])c1. The molecule has 0 aliphatic carbocycles.